The summed E-state index contributed by atoms with van der Waals surface area (Å²) >= 11 is 0. The predicted molar refractivity (Wildman–Crippen MR) is 53.4 cm³/mol. The molecule has 0 spiro atoms. The van der Waals surface area contributed by atoms with Crippen molar-refractivity contribution < 1.29 is 0 Å². The summed E-state index contributed by atoms with van der Waals surface area (Å²) in [6, 6.07) is 1.48. The molecule has 1 saturated heterocycles. The van der Waals surface area contributed by atoms with Crippen molar-refractivity contribution in [3.63, 3.8) is 0 Å². The molecule has 0 radical (unpaired) electrons. The molecule has 0 aromatic carbocycles. The Labute approximate surface area is 76.3 Å². The van der Waals surface area contributed by atoms with Gasteiger partial charge in [0.05, 0.1) is 0 Å². The highest BCUT2D eigenvalue weighted by Crippen LogP contribution is 2.12. The van der Waals surface area contributed by atoms with E-state index < -0.39 is 0 Å². The third-order valence-electron chi connectivity index (χ3n) is 2.90. The van der Waals surface area contributed by atoms with E-state index in [0.29, 0.717) is 0 Å². The van der Waals surface area contributed by atoms with Crippen LogP contribution in [0.2, 0.25) is 0 Å². The summed E-state index contributed by atoms with van der Waals surface area (Å²) in [7, 11) is 2.08. The van der Waals surface area contributed by atoms with E-state index >= 15 is 0 Å². The van der Waals surface area contributed by atoms with Gasteiger partial charge in [0.25, 0.3) is 0 Å². The number of nitrogens with one attached hydrogen (secondary N) is 1. The Kier molecular flexibility index (Phi) is 4.02. The molecule has 1 rings (SSSR count). The van der Waals surface area contributed by atoms with Crippen LogP contribution in [0.25, 0.3) is 0 Å². The first kappa shape index (κ1) is 10.0. The number of hydrogen-bond donors (Lipinski definition) is 1. The van der Waals surface area contributed by atoms with Gasteiger partial charge >= 0.3 is 0 Å². The summed E-state index contributed by atoms with van der Waals surface area (Å²) in [5, 5.41) is 3.38. The summed E-state index contributed by atoms with van der Waals surface area (Å²) in [5.74, 6) is 0. The second-order valence-electron chi connectivity index (χ2n) is 4.05. The summed E-state index contributed by atoms with van der Waals surface area (Å²) < 4.78 is 0. The maximum absolute atomic E-state index is 3.38. The van der Waals surface area contributed by atoms with Crippen molar-refractivity contribution in [2.75, 3.05) is 20.1 Å². The van der Waals surface area contributed by atoms with Crippen molar-refractivity contribution in [1.82, 2.24) is 10.2 Å². The summed E-state index contributed by atoms with van der Waals surface area (Å²) in [5.41, 5.74) is 0. The molecule has 2 nitrogen and oxygen atoms in total. The predicted octanol–water partition coefficient (Wildman–Crippen LogP) is 1.47. The van der Waals surface area contributed by atoms with Crippen molar-refractivity contribution in [3.8, 4) is 0 Å². The molecule has 1 aliphatic rings. The Balaban J connectivity index is 2.34. The second kappa shape index (κ2) is 4.83. The standard InChI is InChI=1S/C10H22N2/c1-9(2)12-7-4-5-10(11-3)6-8-12/h9-11H,4-8H2,1-3H3. The van der Waals surface area contributed by atoms with E-state index in [1.165, 1.54) is 32.4 Å². The summed E-state index contributed by atoms with van der Waals surface area (Å²) in [4.78, 5) is 2.58. The lowest BCUT2D eigenvalue weighted by atomic mass is 10.1. The molecule has 1 aliphatic heterocycles. The Morgan fingerprint density at radius 2 is 2.00 bits per heavy atom. The average Bonchev–Trinajstić information content (AvgIpc) is 2.28. The maximum atomic E-state index is 3.38. The van der Waals surface area contributed by atoms with Gasteiger partial charge in [-0.1, -0.05) is 0 Å². The van der Waals surface area contributed by atoms with Gasteiger partial charge in [-0.2, -0.15) is 0 Å². The fourth-order valence-corrected chi connectivity index (χ4v) is 1.92. The van der Waals surface area contributed by atoms with Gasteiger partial charge in [0, 0.05) is 12.1 Å². The summed E-state index contributed by atoms with van der Waals surface area (Å²) in [6.07, 6.45) is 4.01. The lowest BCUT2D eigenvalue weighted by molar-refractivity contribution is 0.229. The first-order valence-corrected chi connectivity index (χ1v) is 5.15. The molecule has 1 atom stereocenters. The monoisotopic (exact) mass is 170 g/mol. The van der Waals surface area contributed by atoms with Crippen molar-refractivity contribution in [3.05, 3.63) is 0 Å². The van der Waals surface area contributed by atoms with Gasteiger partial charge in [-0.15, -0.1) is 0 Å². The van der Waals surface area contributed by atoms with Crippen LogP contribution in [0.3, 0.4) is 0 Å². The normalized spacial score (nSPS) is 27.5. The van der Waals surface area contributed by atoms with Crippen LogP contribution in [0.15, 0.2) is 0 Å². The Morgan fingerprint density at radius 3 is 2.58 bits per heavy atom. The molecule has 0 bridgehead atoms. The van der Waals surface area contributed by atoms with E-state index in [0.717, 1.165) is 12.1 Å². The highest BCUT2D eigenvalue weighted by Gasteiger charge is 2.16. The zero-order valence-corrected chi connectivity index (χ0v) is 8.64. The van der Waals surface area contributed by atoms with Crippen molar-refractivity contribution in [1.29, 1.82) is 0 Å². The van der Waals surface area contributed by atoms with E-state index in [-0.39, 0.29) is 0 Å². The van der Waals surface area contributed by atoms with E-state index in [2.05, 4.69) is 31.1 Å². The quantitative estimate of drug-likeness (QED) is 0.675. The number of likely N-dealkylation sites (tertiary alicyclic amines) is 1. The molecule has 0 aromatic rings. The van der Waals surface area contributed by atoms with Crippen molar-refractivity contribution >= 4 is 0 Å². The molecular formula is C10H22N2. The zero-order valence-electron chi connectivity index (χ0n) is 8.64. The second-order valence-corrected chi connectivity index (χ2v) is 4.05. The Bertz CT molecular complexity index is 123. The smallest absolute Gasteiger partial charge is 0.00767 e. The molecule has 1 unspecified atom stereocenters. The van der Waals surface area contributed by atoms with Gasteiger partial charge in [0.1, 0.15) is 0 Å². The fourth-order valence-electron chi connectivity index (χ4n) is 1.92. The van der Waals surface area contributed by atoms with Crippen LogP contribution in [0.1, 0.15) is 33.1 Å². The van der Waals surface area contributed by atoms with E-state index in [9.17, 15) is 0 Å². The highest BCUT2D eigenvalue weighted by molar-refractivity contribution is 4.74. The van der Waals surface area contributed by atoms with Gasteiger partial charge in [-0.25, -0.2) is 0 Å². The number of nitrogens with zero attached hydrogens (tertiary/aromatic N) is 1. The largest absolute Gasteiger partial charge is 0.317 e. The lowest BCUT2D eigenvalue weighted by Gasteiger charge is -2.24. The maximum Gasteiger partial charge on any atom is 0.00767 e. The van der Waals surface area contributed by atoms with E-state index in [1.54, 1.807) is 0 Å². The SMILES string of the molecule is CNC1CCCN(C(C)C)CC1. The molecule has 1 N–H and O–H groups in total. The topological polar surface area (TPSA) is 15.3 Å². The average molecular weight is 170 g/mol. The number of rotatable bonds is 2. The molecule has 1 heterocycles. The van der Waals surface area contributed by atoms with Crippen LogP contribution in [0.4, 0.5) is 0 Å². The van der Waals surface area contributed by atoms with Crippen LogP contribution < -0.4 is 5.32 Å². The van der Waals surface area contributed by atoms with Crippen LogP contribution >= 0.6 is 0 Å². The lowest BCUT2D eigenvalue weighted by Crippen LogP contribution is -2.33. The molecular weight excluding hydrogens is 148 g/mol. The minimum Gasteiger partial charge on any atom is -0.317 e. The molecule has 2 heteroatoms. The first-order valence-electron chi connectivity index (χ1n) is 5.15. The highest BCUT2D eigenvalue weighted by atomic mass is 15.1. The third kappa shape index (κ3) is 2.76. The zero-order chi connectivity index (χ0) is 8.97. The molecule has 1 fully saturated rings. The van der Waals surface area contributed by atoms with Crippen LogP contribution in [0, 0.1) is 0 Å². The van der Waals surface area contributed by atoms with Gasteiger partial charge in [-0.05, 0) is 53.2 Å². The number of hydrogen-bond acceptors (Lipinski definition) is 2. The van der Waals surface area contributed by atoms with Gasteiger partial charge in [0.15, 0.2) is 0 Å². The van der Waals surface area contributed by atoms with E-state index in [4.69, 9.17) is 0 Å². The molecule has 0 aromatic heterocycles. The van der Waals surface area contributed by atoms with Crippen molar-refractivity contribution in [2.45, 2.75) is 45.2 Å². The third-order valence-corrected chi connectivity index (χ3v) is 2.90. The molecule has 12 heavy (non-hydrogen) atoms. The van der Waals surface area contributed by atoms with Crippen LogP contribution in [-0.4, -0.2) is 37.1 Å². The first-order chi connectivity index (χ1) is 5.74. The van der Waals surface area contributed by atoms with Gasteiger partial charge < -0.3 is 10.2 Å². The van der Waals surface area contributed by atoms with Crippen molar-refractivity contribution in [2.24, 2.45) is 0 Å². The minimum atomic E-state index is 0.723. The van der Waals surface area contributed by atoms with Gasteiger partial charge in [-0.3, -0.25) is 0 Å². The molecule has 0 amide bonds. The molecule has 0 aliphatic carbocycles. The van der Waals surface area contributed by atoms with Gasteiger partial charge in [0.2, 0.25) is 0 Å². The fraction of sp³-hybridized carbons (Fsp3) is 1.00. The molecule has 0 saturated carbocycles. The Morgan fingerprint density at radius 1 is 1.25 bits per heavy atom. The molecule has 72 valence electrons. The van der Waals surface area contributed by atoms with Crippen LogP contribution in [-0.2, 0) is 0 Å². The van der Waals surface area contributed by atoms with Crippen LogP contribution in [0.5, 0.6) is 0 Å². The summed E-state index contributed by atoms with van der Waals surface area (Å²) in [6.45, 7) is 7.14. The van der Waals surface area contributed by atoms with E-state index in [1.807, 2.05) is 0 Å². The Hall–Kier alpha value is -0.0800. The minimum absolute atomic E-state index is 0.723.